The van der Waals surface area contributed by atoms with Crippen LogP contribution in [0.3, 0.4) is 0 Å². The zero-order valence-electron chi connectivity index (χ0n) is 13.4. The molecule has 2 N–H and O–H groups in total. The van der Waals surface area contributed by atoms with Crippen molar-refractivity contribution in [3.8, 4) is 0 Å². The van der Waals surface area contributed by atoms with Gasteiger partial charge in [-0.1, -0.05) is 11.6 Å². The van der Waals surface area contributed by atoms with Gasteiger partial charge in [-0.2, -0.15) is 0 Å². The van der Waals surface area contributed by atoms with E-state index in [2.05, 4.69) is 33.2 Å². The molecule has 2 aliphatic heterocycles. The Balaban J connectivity index is 1.43. The van der Waals surface area contributed by atoms with E-state index in [9.17, 15) is 14.4 Å². The highest BCUT2D eigenvalue weighted by Gasteiger charge is 2.55. The molecular formula is C17H17ClIN3O3. The summed E-state index contributed by atoms with van der Waals surface area (Å²) in [5.74, 6) is -0.155. The lowest BCUT2D eigenvalue weighted by Crippen LogP contribution is -2.49. The van der Waals surface area contributed by atoms with E-state index in [1.807, 2.05) is 12.1 Å². The van der Waals surface area contributed by atoms with Crippen molar-refractivity contribution in [3.63, 3.8) is 0 Å². The first-order chi connectivity index (χ1) is 11.9. The Bertz CT molecular complexity index is 765. The molecule has 0 spiro atoms. The fourth-order valence-electron chi connectivity index (χ4n) is 3.78. The molecule has 0 bridgehead atoms. The molecule has 0 radical (unpaired) electrons. The second-order valence-corrected chi connectivity index (χ2v) is 8.51. The Hall–Kier alpha value is -1.35. The standard InChI is InChI=1S/C17H17ClIN3O3/c18-12-5-9-7-22(8-10(9)6-13(12)19)14(23)3-4-17(11-1-2-11)15(24)20-16(25)21-17/h5-6,11H,1-4,7-8H2,(H2,20,21,24,25). The Morgan fingerprint density at radius 2 is 1.96 bits per heavy atom. The smallest absolute Gasteiger partial charge is 0.322 e. The molecule has 0 aromatic heterocycles. The lowest BCUT2D eigenvalue weighted by molar-refractivity contribution is -0.133. The Kier molecular flexibility index (Phi) is 4.18. The topological polar surface area (TPSA) is 78.5 Å². The van der Waals surface area contributed by atoms with Gasteiger partial charge >= 0.3 is 6.03 Å². The van der Waals surface area contributed by atoms with E-state index in [0.717, 1.165) is 27.5 Å². The Morgan fingerprint density at radius 3 is 2.56 bits per heavy atom. The van der Waals surface area contributed by atoms with Crippen molar-refractivity contribution < 1.29 is 14.4 Å². The number of hydrogen-bond donors (Lipinski definition) is 2. The summed E-state index contributed by atoms with van der Waals surface area (Å²) < 4.78 is 0.977. The molecule has 1 saturated heterocycles. The average Bonchev–Trinajstić information content (AvgIpc) is 3.27. The zero-order valence-corrected chi connectivity index (χ0v) is 16.3. The van der Waals surface area contributed by atoms with Crippen LogP contribution < -0.4 is 10.6 Å². The molecule has 25 heavy (non-hydrogen) atoms. The number of imide groups is 1. The van der Waals surface area contributed by atoms with Crippen LogP contribution in [0, 0.1) is 9.49 Å². The number of hydrogen-bond acceptors (Lipinski definition) is 3. The molecule has 2 heterocycles. The molecule has 6 nitrogen and oxygen atoms in total. The van der Waals surface area contributed by atoms with Crippen molar-refractivity contribution in [2.75, 3.05) is 0 Å². The Labute approximate surface area is 163 Å². The van der Waals surface area contributed by atoms with Gasteiger partial charge in [0, 0.05) is 23.1 Å². The molecule has 1 aromatic carbocycles. The number of benzene rings is 1. The maximum atomic E-state index is 12.7. The highest BCUT2D eigenvalue weighted by molar-refractivity contribution is 14.1. The van der Waals surface area contributed by atoms with Crippen molar-refractivity contribution in [1.29, 1.82) is 0 Å². The number of carbonyl (C=O) groups is 3. The first-order valence-electron chi connectivity index (χ1n) is 8.27. The maximum Gasteiger partial charge on any atom is 0.322 e. The molecule has 1 saturated carbocycles. The lowest BCUT2D eigenvalue weighted by Gasteiger charge is -2.26. The third-order valence-electron chi connectivity index (χ3n) is 5.29. The first-order valence-corrected chi connectivity index (χ1v) is 9.73. The van der Waals surface area contributed by atoms with E-state index < -0.39 is 11.6 Å². The lowest BCUT2D eigenvalue weighted by atomic mass is 9.88. The molecule has 4 amide bonds. The molecule has 3 aliphatic rings. The van der Waals surface area contributed by atoms with Crippen LogP contribution in [-0.4, -0.2) is 28.3 Å². The number of rotatable bonds is 4. The monoisotopic (exact) mass is 473 g/mol. The van der Waals surface area contributed by atoms with Gasteiger partial charge < -0.3 is 10.2 Å². The number of carbonyl (C=O) groups excluding carboxylic acids is 3. The van der Waals surface area contributed by atoms with Gasteiger partial charge in [-0.05, 0) is 71.0 Å². The summed E-state index contributed by atoms with van der Waals surface area (Å²) in [6.07, 6.45) is 2.41. The number of nitrogens with one attached hydrogen (secondary N) is 2. The summed E-state index contributed by atoms with van der Waals surface area (Å²) in [6.45, 7) is 1.11. The SMILES string of the molecule is O=C1NC(=O)C(CCC(=O)N2Cc3cc(Cl)c(I)cc3C2)(C2CC2)N1. The van der Waals surface area contributed by atoms with Crippen LogP contribution in [0.25, 0.3) is 0 Å². The highest BCUT2D eigenvalue weighted by atomic mass is 127. The normalized spacial score (nSPS) is 25.0. The summed E-state index contributed by atoms with van der Waals surface area (Å²) in [6, 6.07) is 3.48. The molecule has 132 valence electrons. The largest absolute Gasteiger partial charge is 0.334 e. The van der Waals surface area contributed by atoms with E-state index in [1.165, 1.54) is 0 Å². The second-order valence-electron chi connectivity index (χ2n) is 6.94. The third kappa shape index (κ3) is 3.01. The highest BCUT2D eigenvalue weighted by Crippen LogP contribution is 2.44. The quantitative estimate of drug-likeness (QED) is 0.521. The zero-order chi connectivity index (χ0) is 17.8. The van der Waals surface area contributed by atoms with Crippen molar-refractivity contribution >= 4 is 52.0 Å². The fourth-order valence-corrected chi connectivity index (χ4v) is 4.50. The van der Waals surface area contributed by atoms with Crippen LogP contribution in [-0.2, 0) is 22.7 Å². The van der Waals surface area contributed by atoms with Crippen molar-refractivity contribution in [2.24, 2.45) is 5.92 Å². The van der Waals surface area contributed by atoms with Gasteiger partial charge in [-0.3, -0.25) is 14.9 Å². The molecule has 2 fully saturated rings. The van der Waals surface area contributed by atoms with Gasteiger partial charge in [0.15, 0.2) is 0 Å². The molecule has 1 aromatic rings. The van der Waals surface area contributed by atoms with E-state index in [1.54, 1.807) is 4.90 Å². The number of nitrogens with zero attached hydrogens (tertiary/aromatic N) is 1. The van der Waals surface area contributed by atoms with Crippen LogP contribution in [0.5, 0.6) is 0 Å². The minimum absolute atomic E-state index is 0.00342. The molecule has 1 atom stereocenters. The number of halogens is 2. The first kappa shape index (κ1) is 17.1. The molecule has 1 unspecified atom stereocenters. The van der Waals surface area contributed by atoms with Crippen molar-refractivity contribution in [3.05, 3.63) is 31.9 Å². The van der Waals surface area contributed by atoms with E-state index in [-0.39, 0.29) is 24.2 Å². The molecule has 4 rings (SSSR count). The summed E-state index contributed by atoms with van der Waals surface area (Å²) in [4.78, 5) is 38.2. The minimum atomic E-state index is -0.905. The van der Waals surface area contributed by atoms with Crippen LogP contribution in [0.1, 0.15) is 36.8 Å². The average molecular weight is 474 g/mol. The molecular weight excluding hydrogens is 457 g/mol. The van der Waals surface area contributed by atoms with Gasteiger partial charge in [-0.25, -0.2) is 4.79 Å². The van der Waals surface area contributed by atoms with Crippen LogP contribution in [0.2, 0.25) is 5.02 Å². The number of urea groups is 1. The summed E-state index contributed by atoms with van der Waals surface area (Å²) >= 11 is 8.35. The third-order valence-corrected chi connectivity index (χ3v) is 6.82. The minimum Gasteiger partial charge on any atom is -0.334 e. The summed E-state index contributed by atoms with van der Waals surface area (Å²) in [5.41, 5.74) is 1.28. The van der Waals surface area contributed by atoms with Crippen LogP contribution >= 0.6 is 34.2 Å². The number of fused-ring (bicyclic) bond motifs is 1. The van der Waals surface area contributed by atoms with E-state index in [0.29, 0.717) is 24.5 Å². The van der Waals surface area contributed by atoms with E-state index in [4.69, 9.17) is 11.6 Å². The predicted molar refractivity (Wildman–Crippen MR) is 99.8 cm³/mol. The second kappa shape index (κ2) is 6.12. The molecule has 1 aliphatic carbocycles. The summed E-state index contributed by atoms with van der Waals surface area (Å²) in [7, 11) is 0. The van der Waals surface area contributed by atoms with E-state index >= 15 is 0 Å². The van der Waals surface area contributed by atoms with Crippen LogP contribution in [0.15, 0.2) is 12.1 Å². The summed E-state index contributed by atoms with van der Waals surface area (Å²) in [5, 5.41) is 5.79. The van der Waals surface area contributed by atoms with Crippen molar-refractivity contribution in [2.45, 2.75) is 44.3 Å². The predicted octanol–water partition coefficient (Wildman–Crippen LogP) is 2.56. The van der Waals surface area contributed by atoms with Gasteiger partial charge in [0.1, 0.15) is 5.54 Å². The van der Waals surface area contributed by atoms with Crippen molar-refractivity contribution in [1.82, 2.24) is 15.5 Å². The van der Waals surface area contributed by atoms with Crippen LogP contribution in [0.4, 0.5) is 4.79 Å². The maximum absolute atomic E-state index is 12.7. The Morgan fingerprint density at radius 1 is 1.28 bits per heavy atom. The fraction of sp³-hybridized carbons (Fsp3) is 0.471. The number of amides is 4. The van der Waals surface area contributed by atoms with Gasteiger partial charge in [-0.15, -0.1) is 0 Å². The van der Waals surface area contributed by atoms with Gasteiger partial charge in [0.2, 0.25) is 5.91 Å². The molecule has 8 heteroatoms. The van der Waals surface area contributed by atoms with Gasteiger partial charge in [0.25, 0.3) is 5.91 Å². The van der Waals surface area contributed by atoms with Gasteiger partial charge in [0.05, 0.1) is 5.02 Å².